The fourth-order valence-corrected chi connectivity index (χ4v) is 3.69. The molecule has 0 bridgehead atoms. The smallest absolute Gasteiger partial charge is 0.253 e. The first-order valence-corrected chi connectivity index (χ1v) is 9.89. The van der Waals surface area contributed by atoms with Crippen LogP contribution in [0.2, 0.25) is 10.0 Å². The fourth-order valence-electron chi connectivity index (χ4n) is 2.27. The summed E-state index contributed by atoms with van der Waals surface area (Å²) in [5.41, 5.74) is 0.957. The van der Waals surface area contributed by atoms with Crippen LogP contribution < -0.4 is 4.72 Å². The molecule has 26 heavy (non-hydrogen) atoms. The van der Waals surface area contributed by atoms with E-state index in [-0.39, 0.29) is 29.5 Å². The van der Waals surface area contributed by atoms with E-state index in [0.29, 0.717) is 15.6 Å². The second-order valence-corrected chi connectivity index (χ2v) is 8.09. The molecule has 0 aliphatic rings. The molecule has 2 aromatic carbocycles. The molecule has 0 aliphatic carbocycles. The third kappa shape index (κ3) is 4.86. The highest BCUT2D eigenvalue weighted by Gasteiger charge is 2.18. The van der Waals surface area contributed by atoms with E-state index in [9.17, 15) is 13.2 Å². The van der Waals surface area contributed by atoms with Gasteiger partial charge in [-0.05, 0) is 29.8 Å². The van der Waals surface area contributed by atoms with Crippen LogP contribution in [-0.4, -0.2) is 32.8 Å². The fraction of sp³-hybridized carbons (Fsp3) is 0.167. The summed E-state index contributed by atoms with van der Waals surface area (Å²) in [5, 5.41) is 0.796. The molecule has 0 saturated heterocycles. The van der Waals surface area contributed by atoms with Gasteiger partial charge in [0, 0.05) is 25.7 Å². The normalized spacial score (nSPS) is 11.2. The lowest BCUT2D eigenvalue weighted by Gasteiger charge is -2.19. The SMILES string of the molecule is C=CCNS(=O)(=O)c1cccc(C(=O)N(C)Cc2cccc(Cl)c2Cl)c1. The number of sulfonamides is 1. The molecule has 8 heteroatoms. The Bertz CT molecular complexity index is 930. The van der Waals surface area contributed by atoms with Gasteiger partial charge in [0.05, 0.1) is 14.9 Å². The lowest BCUT2D eigenvalue weighted by Crippen LogP contribution is -2.27. The summed E-state index contributed by atoms with van der Waals surface area (Å²) < 4.78 is 26.8. The molecule has 0 saturated carbocycles. The Morgan fingerprint density at radius 1 is 1.23 bits per heavy atom. The molecule has 0 aromatic heterocycles. The maximum atomic E-state index is 12.7. The molecule has 5 nitrogen and oxygen atoms in total. The second-order valence-electron chi connectivity index (χ2n) is 5.54. The van der Waals surface area contributed by atoms with Gasteiger partial charge in [0.1, 0.15) is 0 Å². The summed E-state index contributed by atoms with van der Waals surface area (Å²) in [4.78, 5) is 14.1. The Hall–Kier alpha value is -1.86. The van der Waals surface area contributed by atoms with Gasteiger partial charge in [0.25, 0.3) is 5.91 Å². The molecule has 0 unspecified atom stereocenters. The van der Waals surface area contributed by atoms with Crippen molar-refractivity contribution in [1.82, 2.24) is 9.62 Å². The topological polar surface area (TPSA) is 66.5 Å². The minimum absolute atomic E-state index is 0.0133. The number of benzene rings is 2. The molecule has 0 aliphatic heterocycles. The van der Waals surface area contributed by atoms with E-state index in [0.717, 1.165) is 0 Å². The summed E-state index contributed by atoms with van der Waals surface area (Å²) in [6, 6.07) is 11.0. The Labute approximate surface area is 163 Å². The monoisotopic (exact) mass is 412 g/mol. The van der Waals surface area contributed by atoms with Gasteiger partial charge >= 0.3 is 0 Å². The third-order valence-corrected chi connectivity index (χ3v) is 5.87. The Kier molecular flexibility index (Phi) is 6.83. The largest absolute Gasteiger partial charge is 0.337 e. The molecule has 0 radical (unpaired) electrons. The highest BCUT2D eigenvalue weighted by molar-refractivity contribution is 7.89. The molecule has 1 amide bonds. The van der Waals surface area contributed by atoms with E-state index in [1.165, 1.54) is 29.2 Å². The van der Waals surface area contributed by atoms with Gasteiger partial charge in [-0.3, -0.25) is 4.79 Å². The molecule has 2 rings (SSSR count). The summed E-state index contributed by atoms with van der Waals surface area (Å²) in [6.07, 6.45) is 1.44. The summed E-state index contributed by atoms with van der Waals surface area (Å²) in [5.74, 6) is -0.332. The van der Waals surface area contributed by atoms with Gasteiger partial charge in [-0.15, -0.1) is 6.58 Å². The van der Waals surface area contributed by atoms with Crippen LogP contribution in [0.4, 0.5) is 0 Å². The maximum absolute atomic E-state index is 12.7. The zero-order valence-corrected chi connectivity index (χ0v) is 16.4. The first-order chi connectivity index (χ1) is 12.3. The number of hydrogen-bond donors (Lipinski definition) is 1. The molecule has 0 spiro atoms. The zero-order valence-electron chi connectivity index (χ0n) is 14.1. The quantitative estimate of drug-likeness (QED) is 0.704. The van der Waals surface area contributed by atoms with E-state index in [2.05, 4.69) is 11.3 Å². The van der Waals surface area contributed by atoms with Gasteiger partial charge in [-0.1, -0.05) is 47.5 Å². The molecule has 2 aromatic rings. The van der Waals surface area contributed by atoms with Crippen molar-refractivity contribution in [3.8, 4) is 0 Å². The average molecular weight is 413 g/mol. The number of halogens is 2. The second kappa shape index (κ2) is 8.68. The van der Waals surface area contributed by atoms with E-state index < -0.39 is 10.0 Å². The van der Waals surface area contributed by atoms with Crippen molar-refractivity contribution in [3.63, 3.8) is 0 Å². The van der Waals surface area contributed by atoms with Crippen LogP contribution in [0.15, 0.2) is 60.0 Å². The number of amides is 1. The number of carbonyl (C=O) groups is 1. The van der Waals surface area contributed by atoms with Gasteiger partial charge < -0.3 is 4.90 Å². The van der Waals surface area contributed by atoms with Gasteiger partial charge in [0.15, 0.2) is 0 Å². The summed E-state index contributed by atoms with van der Waals surface area (Å²) >= 11 is 12.1. The molecule has 0 atom stereocenters. The number of carbonyl (C=O) groups excluding carboxylic acids is 1. The van der Waals surface area contributed by atoms with Crippen molar-refractivity contribution < 1.29 is 13.2 Å². The van der Waals surface area contributed by atoms with Crippen LogP contribution in [-0.2, 0) is 16.6 Å². The molecule has 0 heterocycles. The minimum atomic E-state index is -3.71. The van der Waals surface area contributed by atoms with Crippen LogP contribution in [0, 0.1) is 0 Å². The van der Waals surface area contributed by atoms with Gasteiger partial charge in [0.2, 0.25) is 10.0 Å². The maximum Gasteiger partial charge on any atom is 0.253 e. The Morgan fingerprint density at radius 3 is 2.62 bits per heavy atom. The van der Waals surface area contributed by atoms with Crippen LogP contribution in [0.3, 0.4) is 0 Å². The number of rotatable bonds is 7. The molecular formula is C18H18Cl2N2O3S. The Balaban J connectivity index is 2.22. The zero-order chi connectivity index (χ0) is 19.3. The van der Waals surface area contributed by atoms with Crippen molar-refractivity contribution in [2.75, 3.05) is 13.6 Å². The molecular weight excluding hydrogens is 395 g/mol. The summed E-state index contributed by atoms with van der Waals surface area (Å²) in [7, 11) is -2.10. The van der Waals surface area contributed by atoms with E-state index in [1.54, 1.807) is 31.3 Å². The number of nitrogens with zero attached hydrogens (tertiary/aromatic N) is 1. The van der Waals surface area contributed by atoms with Crippen molar-refractivity contribution in [2.45, 2.75) is 11.4 Å². The number of hydrogen-bond acceptors (Lipinski definition) is 3. The Morgan fingerprint density at radius 2 is 1.92 bits per heavy atom. The lowest BCUT2D eigenvalue weighted by molar-refractivity contribution is 0.0785. The van der Waals surface area contributed by atoms with Gasteiger partial charge in [-0.2, -0.15) is 0 Å². The molecule has 1 N–H and O–H groups in total. The lowest BCUT2D eigenvalue weighted by atomic mass is 10.1. The third-order valence-electron chi connectivity index (χ3n) is 3.59. The van der Waals surface area contributed by atoms with E-state index in [4.69, 9.17) is 23.2 Å². The number of nitrogens with one attached hydrogen (secondary N) is 1. The highest BCUT2D eigenvalue weighted by atomic mass is 35.5. The van der Waals surface area contributed by atoms with Crippen molar-refractivity contribution in [1.29, 1.82) is 0 Å². The minimum Gasteiger partial charge on any atom is -0.337 e. The standard InChI is InChI=1S/C18H18Cl2N2O3S/c1-3-10-21-26(24,25)15-8-4-6-13(11-15)18(23)22(2)12-14-7-5-9-16(19)17(14)20/h3-9,11,21H,1,10,12H2,2H3. The highest BCUT2D eigenvalue weighted by Crippen LogP contribution is 2.26. The summed E-state index contributed by atoms with van der Waals surface area (Å²) in [6.45, 7) is 3.82. The first kappa shape index (κ1) is 20.5. The van der Waals surface area contributed by atoms with Crippen molar-refractivity contribution >= 4 is 39.1 Å². The first-order valence-electron chi connectivity index (χ1n) is 7.65. The van der Waals surface area contributed by atoms with Crippen molar-refractivity contribution in [2.24, 2.45) is 0 Å². The van der Waals surface area contributed by atoms with Crippen LogP contribution in [0.25, 0.3) is 0 Å². The van der Waals surface area contributed by atoms with E-state index >= 15 is 0 Å². The van der Waals surface area contributed by atoms with Crippen molar-refractivity contribution in [3.05, 3.63) is 76.3 Å². The predicted octanol–water partition coefficient (Wildman–Crippen LogP) is 3.73. The predicted molar refractivity (Wildman–Crippen MR) is 104 cm³/mol. The molecule has 0 fully saturated rings. The van der Waals surface area contributed by atoms with Crippen LogP contribution in [0.1, 0.15) is 15.9 Å². The van der Waals surface area contributed by atoms with Crippen LogP contribution in [0.5, 0.6) is 0 Å². The van der Waals surface area contributed by atoms with Crippen LogP contribution >= 0.6 is 23.2 Å². The molecule has 138 valence electrons. The van der Waals surface area contributed by atoms with E-state index in [1.807, 2.05) is 0 Å². The average Bonchev–Trinajstić information content (AvgIpc) is 2.63. The van der Waals surface area contributed by atoms with Gasteiger partial charge in [-0.25, -0.2) is 13.1 Å².